The van der Waals surface area contributed by atoms with E-state index in [1.54, 1.807) is 0 Å². The lowest BCUT2D eigenvalue weighted by molar-refractivity contribution is -0.140. The van der Waals surface area contributed by atoms with E-state index in [-0.39, 0.29) is 5.04 Å². The van der Waals surface area contributed by atoms with E-state index < -0.39 is 23.6 Å². The Morgan fingerprint density at radius 2 is 1.92 bits per heavy atom. The van der Waals surface area contributed by atoms with Gasteiger partial charge in [-0.2, -0.15) is 0 Å². The molecule has 0 heterocycles. The van der Waals surface area contributed by atoms with Gasteiger partial charge in [0.05, 0.1) is 5.04 Å². The minimum absolute atomic E-state index is 0.361. The third-order valence-corrected chi connectivity index (χ3v) is 11.6. The van der Waals surface area contributed by atoms with Gasteiger partial charge in [0.1, 0.15) is 0 Å². The number of carboxylic acids is 1. The summed E-state index contributed by atoms with van der Waals surface area (Å²) < 4.78 is 0. The summed E-state index contributed by atoms with van der Waals surface area (Å²) in [7, 11) is -1.49. The van der Waals surface area contributed by atoms with Gasteiger partial charge in [-0.05, 0) is 6.42 Å². The van der Waals surface area contributed by atoms with Crippen LogP contribution in [0.15, 0.2) is 0 Å². The molecule has 78 valence electrons. The van der Waals surface area contributed by atoms with Crippen molar-refractivity contribution in [2.45, 2.75) is 50.6 Å². The molecule has 0 radical (unpaired) electrons. The minimum atomic E-state index is -1.03. The van der Waals surface area contributed by atoms with E-state index in [4.69, 9.17) is 5.11 Å². The first kappa shape index (κ1) is 12.9. The van der Waals surface area contributed by atoms with Crippen molar-refractivity contribution in [1.29, 1.82) is 0 Å². The number of hydrogen-bond donors (Lipinski definition) is 1. The topological polar surface area (TPSA) is 37.3 Å². The molecular formula is C9H22O2Si2. The Bertz CT molecular complexity index is 187. The average Bonchev–Trinajstić information content (AvgIpc) is 1.98. The zero-order valence-electron chi connectivity index (χ0n) is 9.48. The van der Waals surface area contributed by atoms with E-state index in [2.05, 4.69) is 19.6 Å². The van der Waals surface area contributed by atoms with Crippen LogP contribution in [0.3, 0.4) is 0 Å². The van der Waals surface area contributed by atoms with Gasteiger partial charge in [0, 0.05) is 17.6 Å². The lowest BCUT2D eigenvalue weighted by Gasteiger charge is -2.26. The fourth-order valence-electron chi connectivity index (χ4n) is 1.09. The molecule has 0 saturated heterocycles. The SMILES string of the molecule is CCC(C)([SiH2]C[Si](C)(C)C)C(=O)O. The first-order valence-electron chi connectivity index (χ1n) is 4.95. The second-order valence-electron chi connectivity index (χ2n) is 5.28. The largest absolute Gasteiger partial charge is 0.481 e. The molecule has 0 aliphatic carbocycles. The Morgan fingerprint density at radius 1 is 1.46 bits per heavy atom. The van der Waals surface area contributed by atoms with Gasteiger partial charge in [-0.3, -0.25) is 4.79 Å². The molecule has 0 fully saturated rings. The Hall–Kier alpha value is -0.0962. The normalized spacial score (nSPS) is 17.6. The van der Waals surface area contributed by atoms with Crippen LogP contribution in [0.5, 0.6) is 0 Å². The highest BCUT2D eigenvalue weighted by Crippen LogP contribution is 2.31. The quantitative estimate of drug-likeness (QED) is 0.718. The second-order valence-corrected chi connectivity index (χ2v) is 14.5. The molecule has 0 saturated carbocycles. The first-order valence-corrected chi connectivity index (χ1v) is 10.4. The molecule has 0 aromatic carbocycles. The zero-order chi connectivity index (χ0) is 10.7. The Labute approximate surface area is 84.6 Å². The minimum Gasteiger partial charge on any atom is -0.481 e. The van der Waals surface area contributed by atoms with Gasteiger partial charge in [-0.25, -0.2) is 0 Å². The monoisotopic (exact) mass is 218 g/mol. The molecule has 0 aromatic heterocycles. The first-order chi connectivity index (χ1) is 5.71. The van der Waals surface area contributed by atoms with Crippen LogP contribution in [0.4, 0.5) is 0 Å². The van der Waals surface area contributed by atoms with E-state index in [1.807, 2.05) is 13.8 Å². The number of aliphatic carboxylic acids is 1. The van der Waals surface area contributed by atoms with Crippen molar-refractivity contribution in [3.05, 3.63) is 0 Å². The predicted molar refractivity (Wildman–Crippen MR) is 63.0 cm³/mol. The van der Waals surface area contributed by atoms with Crippen LogP contribution >= 0.6 is 0 Å². The van der Waals surface area contributed by atoms with Crippen molar-refractivity contribution < 1.29 is 9.90 Å². The Morgan fingerprint density at radius 3 is 2.15 bits per heavy atom. The zero-order valence-corrected chi connectivity index (χ0v) is 11.9. The molecule has 0 aliphatic rings. The fraction of sp³-hybridized carbons (Fsp3) is 0.889. The van der Waals surface area contributed by atoms with E-state index in [0.717, 1.165) is 6.42 Å². The van der Waals surface area contributed by atoms with Crippen molar-refractivity contribution in [1.82, 2.24) is 0 Å². The summed E-state index contributed by atoms with van der Waals surface area (Å²) in [5.41, 5.74) is 1.24. The van der Waals surface area contributed by atoms with E-state index in [0.29, 0.717) is 0 Å². The van der Waals surface area contributed by atoms with Crippen LogP contribution < -0.4 is 0 Å². The van der Waals surface area contributed by atoms with Crippen molar-refractivity contribution in [3.63, 3.8) is 0 Å². The number of hydrogen-bond acceptors (Lipinski definition) is 1. The molecular weight excluding hydrogens is 196 g/mol. The van der Waals surface area contributed by atoms with Crippen molar-refractivity contribution in [3.8, 4) is 0 Å². The molecule has 0 amide bonds. The number of rotatable bonds is 5. The van der Waals surface area contributed by atoms with Crippen molar-refractivity contribution in [2.24, 2.45) is 0 Å². The average molecular weight is 218 g/mol. The summed E-state index contributed by atoms with van der Waals surface area (Å²) >= 11 is 0. The summed E-state index contributed by atoms with van der Waals surface area (Å²) in [4.78, 5) is 11.0. The smallest absolute Gasteiger partial charge is 0.305 e. The van der Waals surface area contributed by atoms with Crippen LogP contribution in [-0.4, -0.2) is 28.7 Å². The van der Waals surface area contributed by atoms with Crippen molar-refractivity contribution >= 4 is 23.6 Å². The Balaban J connectivity index is 4.22. The standard InChI is InChI=1S/C9H22O2Si2/c1-6-9(2,8(10)11)12-7-13(3,4)5/h6-7,12H2,1-5H3,(H,10,11). The predicted octanol–water partition coefficient (Wildman–Crippen LogP) is 2.12. The van der Waals surface area contributed by atoms with Crippen LogP contribution in [0, 0.1) is 0 Å². The van der Waals surface area contributed by atoms with Gasteiger partial charge in [-0.1, -0.05) is 39.2 Å². The van der Waals surface area contributed by atoms with Crippen LogP contribution in [0.1, 0.15) is 20.3 Å². The molecule has 0 bridgehead atoms. The van der Waals surface area contributed by atoms with Gasteiger partial charge in [-0.15, -0.1) is 0 Å². The summed E-state index contributed by atoms with van der Waals surface area (Å²) in [6.45, 7) is 10.9. The van der Waals surface area contributed by atoms with Crippen LogP contribution in [0.25, 0.3) is 0 Å². The summed E-state index contributed by atoms with van der Waals surface area (Å²) in [6, 6.07) is 0. The van der Waals surface area contributed by atoms with Gasteiger partial charge in [0.2, 0.25) is 0 Å². The van der Waals surface area contributed by atoms with E-state index in [9.17, 15) is 4.79 Å². The van der Waals surface area contributed by atoms with Gasteiger partial charge < -0.3 is 5.11 Å². The van der Waals surface area contributed by atoms with E-state index in [1.165, 1.54) is 5.67 Å². The highest BCUT2D eigenvalue weighted by Gasteiger charge is 2.32. The summed E-state index contributed by atoms with van der Waals surface area (Å²) in [5.74, 6) is -0.583. The van der Waals surface area contributed by atoms with Crippen LogP contribution in [-0.2, 0) is 4.79 Å². The molecule has 1 atom stereocenters. The molecule has 1 unspecified atom stereocenters. The van der Waals surface area contributed by atoms with Gasteiger partial charge in [0.25, 0.3) is 0 Å². The van der Waals surface area contributed by atoms with E-state index >= 15 is 0 Å². The summed E-state index contributed by atoms with van der Waals surface area (Å²) in [6.07, 6.45) is 0.791. The van der Waals surface area contributed by atoms with Gasteiger partial charge >= 0.3 is 5.97 Å². The third-order valence-electron chi connectivity index (χ3n) is 2.72. The fourth-order valence-corrected chi connectivity index (χ4v) is 6.86. The Kier molecular flexibility index (Phi) is 4.38. The van der Waals surface area contributed by atoms with Crippen molar-refractivity contribution in [2.75, 3.05) is 0 Å². The maximum atomic E-state index is 11.0. The molecule has 0 aromatic rings. The highest BCUT2D eigenvalue weighted by molar-refractivity contribution is 6.84. The molecule has 4 heteroatoms. The lowest BCUT2D eigenvalue weighted by Crippen LogP contribution is -2.32. The van der Waals surface area contributed by atoms with Gasteiger partial charge in [0.15, 0.2) is 0 Å². The molecule has 13 heavy (non-hydrogen) atoms. The highest BCUT2D eigenvalue weighted by atomic mass is 28.4. The molecule has 0 rings (SSSR count). The third kappa shape index (κ3) is 4.62. The number of carboxylic acid groups (broad SMARTS) is 1. The maximum Gasteiger partial charge on any atom is 0.305 e. The summed E-state index contributed by atoms with van der Waals surface area (Å²) in [5, 5.41) is 8.72. The lowest BCUT2D eigenvalue weighted by atomic mass is 10.1. The molecule has 1 N–H and O–H groups in total. The molecule has 0 spiro atoms. The molecule has 0 aliphatic heterocycles. The molecule has 2 nitrogen and oxygen atoms in total. The van der Waals surface area contributed by atoms with Crippen LogP contribution in [0.2, 0.25) is 30.3 Å². The second kappa shape index (κ2) is 4.42. The maximum absolute atomic E-state index is 11.0. The number of carbonyl (C=O) groups is 1.